The number of methoxy groups -OCH3 is 1. The van der Waals surface area contributed by atoms with Crippen LogP contribution in [0.5, 0.6) is 0 Å². The van der Waals surface area contributed by atoms with Crippen LogP contribution in [0.1, 0.15) is 6.42 Å². The van der Waals surface area contributed by atoms with Gasteiger partial charge in [-0.3, -0.25) is 9.69 Å². The predicted molar refractivity (Wildman–Crippen MR) is 71.7 cm³/mol. The van der Waals surface area contributed by atoms with Gasteiger partial charge in [-0.2, -0.15) is 0 Å². The number of rotatable bonds is 4. The van der Waals surface area contributed by atoms with E-state index >= 15 is 0 Å². The first kappa shape index (κ1) is 12.9. The van der Waals surface area contributed by atoms with E-state index in [2.05, 4.69) is 38.8 Å². The summed E-state index contributed by atoms with van der Waals surface area (Å²) in [4.78, 5) is 15.8. The van der Waals surface area contributed by atoms with Crippen molar-refractivity contribution in [3.05, 3.63) is 30.3 Å². The van der Waals surface area contributed by atoms with Gasteiger partial charge in [0, 0.05) is 38.4 Å². The van der Waals surface area contributed by atoms with Crippen LogP contribution in [-0.4, -0.2) is 50.7 Å². The van der Waals surface area contributed by atoms with Crippen LogP contribution in [0.3, 0.4) is 0 Å². The van der Waals surface area contributed by atoms with Crippen LogP contribution in [0, 0.1) is 0 Å². The highest BCUT2D eigenvalue weighted by atomic mass is 16.5. The molecule has 0 aliphatic carbocycles. The number of hydrogen-bond donors (Lipinski definition) is 0. The summed E-state index contributed by atoms with van der Waals surface area (Å²) in [6.45, 7) is 4.85. The summed E-state index contributed by atoms with van der Waals surface area (Å²) in [6.07, 6.45) is 0.488. The quantitative estimate of drug-likeness (QED) is 0.754. The van der Waals surface area contributed by atoms with Crippen molar-refractivity contribution in [2.45, 2.75) is 6.42 Å². The lowest BCUT2D eigenvalue weighted by atomic mass is 10.2. The number of esters is 1. The lowest BCUT2D eigenvalue weighted by Crippen LogP contribution is -2.46. The maximum absolute atomic E-state index is 11.1. The summed E-state index contributed by atoms with van der Waals surface area (Å²) in [6, 6.07) is 10.5. The molecule has 0 bridgehead atoms. The summed E-state index contributed by atoms with van der Waals surface area (Å²) in [5.74, 6) is -0.125. The van der Waals surface area contributed by atoms with Gasteiger partial charge in [0.25, 0.3) is 0 Å². The SMILES string of the molecule is COC(=O)CCN1CCN(c2ccccc2)CC1. The van der Waals surface area contributed by atoms with Gasteiger partial charge in [0.15, 0.2) is 0 Å². The van der Waals surface area contributed by atoms with Gasteiger partial charge in [0.2, 0.25) is 0 Å². The second kappa shape index (κ2) is 6.40. The van der Waals surface area contributed by atoms with Crippen LogP contribution in [0.4, 0.5) is 5.69 Å². The van der Waals surface area contributed by atoms with Gasteiger partial charge < -0.3 is 9.64 Å². The molecule has 0 aromatic heterocycles. The molecule has 0 spiro atoms. The molecule has 4 nitrogen and oxygen atoms in total. The van der Waals surface area contributed by atoms with Crippen LogP contribution in [-0.2, 0) is 9.53 Å². The molecule has 0 amide bonds. The Hall–Kier alpha value is -1.55. The molecule has 1 aromatic carbocycles. The molecule has 1 aromatic rings. The van der Waals surface area contributed by atoms with Crippen molar-refractivity contribution in [2.24, 2.45) is 0 Å². The summed E-state index contributed by atoms with van der Waals surface area (Å²) < 4.78 is 4.66. The van der Waals surface area contributed by atoms with E-state index in [4.69, 9.17) is 0 Å². The first-order chi connectivity index (χ1) is 8.79. The van der Waals surface area contributed by atoms with Gasteiger partial charge in [-0.1, -0.05) is 18.2 Å². The van der Waals surface area contributed by atoms with Crippen molar-refractivity contribution in [1.82, 2.24) is 4.90 Å². The minimum absolute atomic E-state index is 0.125. The Kier molecular flexibility index (Phi) is 4.59. The standard InChI is InChI=1S/C14H20N2O2/c1-18-14(17)7-8-15-9-11-16(12-10-15)13-5-3-2-4-6-13/h2-6H,7-12H2,1H3. The molecule has 1 fully saturated rings. The second-order valence-electron chi connectivity index (χ2n) is 4.49. The van der Waals surface area contributed by atoms with Crippen molar-refractivity contribution in [3.8, 4) is 0 Å². The molecule has 0 unspecified atom stereocenters. The van der Waals surface area contributed by atoms with E-state index in [0.717, 1.165) is 32.7 Å². The third-order valence-electron chi connectivity index (χ3n) is 3.35. The van der Waals surface area contributed by atoms with E-state index < -0.39 is 0 Å². The fourth-order valence-electron chi connectivity index (χ4n) is 2.22. The number of carbonyl (C=O) groups excluding carboxylic acids is 1. The lowest BCUT2D eigenvalue weighted by Gasteiger charge is -2.35. The zero-order chi connectivity index (χ0) is 12.8. The van der Waals surface area contributed by atoms with Crippen LogP contribution in [0.15, 0.2) is 30.3 Å². The number of hydrogen-bond acceptors (Lipinski definition) is 4. The molecule has 18 heavy (non-hydrogen) atoms. The Morgan fingerprint density at radius 2 is 1.83 bits per heavy atom. The van der Waals surface area contributed by atoms with Crippen molar-refractivity contribution in [1.29, 1.82) is 0 Å². The van der Waals surface area contributed by atoms with Gasteiger partial charge in [-0.15, -0.1) is 0 Å². The number of benzene rings is 1. The third kappa shape index (κ3) is 3.47. The largest absolute Gasteiger partial charge is 0.469 e. The average molecular weight is 248 g/mol. The van der Waals surface area contributed by atoms with Crippen LogP contribution < -0.4 is 4.90 Å². The van der Waals surface area contributed by atoms with E-state index in [1.165, 1.54) is 12.8 Å². The molecule has 0 radical (unpaired) electrons. The Balaban J connectivity index is 1.76. The number of ether oxygens (including phenoxy) is 1. The van der Waals surface area contributed by atoms with E-state index in [9.17, 15) is 4.79 Å². The highest BCUT2D eigenvalue weighted by molar-refractivity contribution is 5.69. The minimum Gasteiger partial charge on any atom is -0.469 e. The first-order valence-electron chi connectivity index (χ1n) is 6.39. The molecule has 1 aliphatic rings. The van der Waals surface area contributed by atoms with Crippen molar-refractivity contribution < 1.29 is 9.53 Å². The first-order valence-corrected chi connectivity index (χ1v) is 6.39. The molecule has 2 rings (SSSR count). The molecule has 98 valence electrons. The van der Waals surface area contributed by atoms with Crippen molar-refractivity contribution in [3.63, 3.8) is 0 Å². The fraction of sp³-hybridized carbons (Fsp3) is 0.500. The molecule has 1 saturated heterocycles. The second-order valence-corrected chi connectivity index (χ2v) is 4.49. The Morgan fingerprint density at radius 3 is 2.44 bits per heavy atom. The number of carbonyl (C=O) groups is 1. The average Bonchev–Trinajstić information content (AvgIpc) is 2.46. The van der Waals surface area contributed by atoms with Crippen molar-refractivity contribution in [2.75, 3.05) is 44.7 Å². The van der Waals surface area contributed by atoms with Gasteiger partial charge >= 0.3 is 5.97 Å². The summed E-state index contributed by atoms with van der Waals surface area (Å²) in [5.41, 5.74) is 1.28. The molecular weight excluding hydrogens is 228 g/mol. The topological polar surface area (TPSA) is 32.8 Å². The molecule has 0 N–H and O–H groups in total. The Bertz CT molecular complexity index is 373. The number of para-hydroxylation sites is 1. The van der Waals surface area contributed by atoms with Crippen molar-refractivity contribution >= 4 is 11.7 Å². The Labute approximate surface area is 108 Å². The van der Waals surface area contributed by atoms with Crippen LogP contribution >= 0.6 is 0 Å². The summed E-state index contributed by atoms with van der Waals surface area (Å²) in [5, 5.41) is 0. The lowest BCUT2D eigenvalue weighted by molar-refractivity contribution is -0.141. The maximum Gasteiger partial charge on any atom is 0.306 e. The molecule has 0 atom stereocenters. The van der Waals surface area contributed by atoms with E-state index in [1.54, 1.807) is 0 Å². The van der Waals surface area contributed by atoms with Gasteiger partial charge in [-0.25, -0.2) is 0 Å². The molecular formula is C14H20N2O2. The number of nitrogens with zero attached hydrogens (tertiary/aromatic N) is 2. The zero-order valence-electron chi connectivity index (χ0n) is 10.8. The molecule has 1 aliphatic heterocycles. The fourth-order valence-corrected chi connectivity index (χ4v) is 2.22. The molecule has 4 heteroatoms. The highest BCUT2D eigenvalue weighted by Crippen LogP contribution is 2.15. The summed E-state index contributed by atoms with van der Waals surface area (Å²) in [7, 11) is 1.44. The normalized spacial score (nSPS) is 16.6. The Morgan fingerprint density at radius 1 is 1.17 bits per heavy atom. The zero-order valence-corrected chi connectivity index (χ0v) is 10.8. The van der Waals surface area contributed by atoms with Crippen LogP contribution in [0.2, 0.25) is 0 Å². The predicted octanol–water partition coefficient (Wildman–Crippen LogP) is 1.37. The maximum atomic E-state index is 11.1. The van der Waals surface area contributed by atoms with Crippen LogP contribution in [0.25, 0.3) is 0 Å². The number of anilines is 1. The van der Waals surface area contributed by atoms with Gasteiger partial charge in [0.1, 0.15) is 0 Å². The van der Waals surface area contributed by atoms with Gasteiger partial charge in [0.05, 0.1) is 13.5 Å². The van der Waals surface area contributed by atoms with E-state index in [0.29, 0.717) is 6.42 Å². The molecule has 0 saturated carbocycles. The summed E-state index contributed by atoms with van der Waals surface area (Å²) >= 11 is 0. The minimum atomic E-state index is -0.125. The number of piperazine rings is 1. The smallest absolute Gasteiger partial charge is 0.306 e. The molecule has 1 heterocycles. The van der Waals surface area contributed by atoms with E-state index in [1.807, 2.05) is 6.07 Å². The van der Waals surface area contributed by atoms with Gasteiger partial charge in [-0.05, 0) is 12.1 Å². The monoisotopic (exact) mass is 248 g/mol. The third-order valence-corrected chi connectivity index (χ3v) is 3.35. The highest BCUT2D eigenvalue weighted by Gasteiger charge is 2.17. The van der Waals surface area contributed by atoms with E-state index in [-0.39, 0.29) is 5.97 Å².